The molecule has 104 valence electrons. The van der Waals surface area contributed by atoms with Crippen LogP contribution in [-0.4, -0.2) is 22.6 Å². The molecule has 0 aliphatic rings. The highest BCUT2D eigenvalue weighted by Gasteiger charge is 2.03. The number of nitrogens with zero attached hydrogens (tertiary/aromatic N) is 2. The second-order valence-electron chi connectivity index (χ2n) is 4.36. The van der Waals surface area contributed by atoms with E-state index < -0.39 is 0 Å². The molecule has 0 fully saturated rings. The molecule has 0 saturated carbocycles. The molecule has 0 aliphatic heterocycles. The van der Waals surface area contributed by atoms with Crippen LogP contribution in [0.15, 0.2) is 23.3 Å². The number of aliphatic imine (C=N–C) groups is 1. The third-order valence-corrected chi connectivity index (χ3v) is 2.71. The molecule has 0 aromatic carbocycles. The van der Waals surface area contributed by atoms with Gasteiger partial charge in [-0.05, 0) is 30.3 Å². The van der Waals surface area contributed by atoms with E-state index in [0.29, 0.717) is 35.1 Å². The fourth-order valence-electron chi connectivity index (χ4n) is 1.19. The lowest BCUT2D eigenvalue weighted by Crippen LogP contribution is -2.43. The van der Waals surface area contributed by atoms with Crippen LogP contribution in [-0.2, 0) is 6.54 Å². The van der Waals surface area contributed by atoms with Crippen LogP contribution in [0.4, 0.5) is 0 Å². The lowest BCUT2D eigenvalue weighted by molar-refractivity contribution is 0.663. The Morgan fingerprint density at radius 2 is 2.32 bits per heavy atom. The molecule has 1 heterocycles. The Morgan fingerprint density at radius 1 is 1.58 bits per heavy atom. The molecule has 0 aliphatic carbocycles. The zero-order chi connectivity index (χ0) is 14.3. The number of halogens is 1. The summed E-state index contributed by atoms with van der Waals surface area (Å²) in [6, 6.07) is 3.56. The molecule has 19 heavy (non-hydrogen) atoms. The van der Waals surface area contributed by atoms with Crippen molar-refractivity contribution in [2.75, 3.05) is 6.54 Å². The molecule has 0 spiro atoms. The molecular formula is C12H18ClN5S. The van der Waals surface area contributed by atoms with E-state index in [4.69, 9.17) is 29.6 Å². The molecule has 1 aromatic heterocycles. The van der Waals surface area contributed by atoms with E-state index in [1.54, 1.807) is 18.3 Å². The van der Waals surface area contributed by atoms with Gasteiger partial charge >= 0.3 is 0 Å². The Morgan fingerprint density at radius 3 is 2.95 bits per heavy atom. The maximum atomic E-state index is 5.98. The van der Waals surface area contributed by atoms with E-state index in [-0.39, 0.29) is 0 Å². The fourth-order valence-corrected chi connectivity index (χ4v) is 1.56. The summed E-state index contributed by atoms with van der Waals surface area (Å²) in [5.41, 5.74) is 6.42. The van der Waals surface area contributed by atoms with Crippen molar-refractivity contribution in [3.8, 4) is 0 Å². The van der Waals surface area contributed by atoms with E-state index in [1.807, 2.05) is 0 Å². The van der Waals surface area contributed by atoms with Gasteiger partial charge in [-0.15, -0.1) is 0 Å². The first-order chi connectivity index (χ1) is 8.99. The Kier molecular flexibility index (Phi) is 6.52. The smallest absolute Gasteiger partial charge is 0.194 e. The topological polar surface area (TPSA) is 75.3 Å². The van der Waals surface area contributed by atoms with Gasteiger partial charge in [-0.2, -0.15) is 0 Å². The highest BCUT2D eigenvalue weighted by molar-refractivity contribution is 7.80. The summed E-state index contributed by atoms with van der Waals surface area (Å²) >= 11 is 11.1. The summed E-state index contributed by atoms with van der Waals surface area (Å²) in [5.74, 6) is 0.757. The van der Waals surface area contributed by atoms with Crippen LogP contribution in [0.3, 0.4) is 0 Å². The number of pyridine rings is 1. The summed E-state index contributed by atoms with van der Waals surface area (Å²) in [4.78, 5) is 8.30. The maximum Gasteiger partial charge on any atom is 0.194 e. The van der Waals surface area contributed by atoms with Gasteiger partial charge in [0.1, 0.15) is 0 Å². The Labute approximate surface area is 123 Å². The van der Waals surface area contributed by atoms with Crippen molar-refractivity contribution in [1.82, 2.24) is 15.6 Å². The lowest BCUT2D eigenvalue weighted by Gasteiger charge is -2.10. The molecule has 0 amide bonds. The SMILES string of the molecule is CC(C)CN=C(N)NC(=S)NCc1ncccc1Cl. The summed E-state index contributed by atoms with van der Waals surface area (Å²) in [6.07, 6.45) is 1.68. The van der Waals surface area contributed by atoms with E-state index >= 15 is 0 Å². The Balaban J connectivity index is 2.40. The highest BCUT2D eigenvalue weighted by Crippen LogP contribution is 2.11. The molecule has 0 atom stereocenters. The molecule has 1 aromatic rings. The van der Waals surface area contributed by atoms with Gasteiger partial charge in [-0.1, -0.05) is 25.4 Å². The van der Waals surface area contributed by atoms with Crippen LogP contribution < -0.4 is 16.4 Å². The summed E-state index contributed by atoms with van der Waals surface area (Å²) < 4.78 is 0. The number of aromatic nitrogens is 1. The average molecular weight is 300 g/mol. The maximum absolute atomic E-state index is 5.98. The number of hydrogen-bond donors (Lipinski definition) is 3. The van der Waals surface area contributed by atoms with Gasteiger partial charge in [-0.25, -0.2) is 0 Å². The van der Waals surface area contributed by atoms with Gasteiger partial charge in [0.05, 0.1) is 17.3 Å². The molecule has 0 radical (unpaired) electrons. The predicted molar refractivity (Wildman–Crippen MR) is 83.1 cm³/mol. The molecule has 7 heteroatoms. The molecular weight excluding hydrogens is 282 g/mol. The summed E-state index contributed by atoms with van der Waals surface area (Å²) in [5, 5.41) is 6.76. The van der Waals surface area contributed by atoms with Gasteiger partial charge < -0.3 is 16.4 Å². The lowest BCUT2D eigenvalue weighted by atomic mass is 10.2. The molecule has 1 rings (SSSR count). The minimum absolute atomic E-state index is 0.304. The van der Waals surface area contributed by atoms with Crippen LogP contribution in [0.2, 0.25) is 5.02 Å². The minimum Gasteiger partial charge on any atom is -0.370 e. The third kappa shape index (κ3) is 6.35. The van der Waals surface area contributed by atoms with Crippen molar-refractivity contribution in [2.24, 2.45) is 16.6 Å². The van der Waals surface area contributed by atoms with Crippen LogP contribution in [0, 0.1) is 5.92 Å². The first-order valence-electron chi connectivity index (χ1n) is 5.93. The first kappa shape index (κ1) is 15.7. The van der Waals surface area contributed by atoms with Crippen molar-refractivity contribution in [2.45, 2.75) is 20.4 Å². The van der Waals surface area contributed by atoms with Crippen molar-refractivity contribution >= 4 is 34.9 Å². The van der Waals surface area contributed by atoms with Crippen molar-refractivity contribution in [1.29, 1.82) is 0 Å². The summed E-state index contributed by atoms with van der Waals surface area (Å²) in [6.45, 7) is 5.23. The van der Waals surface area contributed by atoms with Gasteiger partial charge in [0.2, 0.25) is 0 Å². The van der Waals surface area contributed by atoms with Gasteiger partial charge in [-0.3, -0.25) is 9.98 Å². The molecule has 0 saturated heterocycles. The van der Waals surface area contributed by atoms with Crippen LogP contribution in [0.1, 0.15) is 19.5 Å². The van der Waals surface area contributed by atoms with Gasteiger partial charge in [0.25, 0.3) is 0 Å². The summed E-state index contributed by atoms with van der Waals surface area (Å²) in [7, 11) is 0. The van der Waals surface area contributed by atoms with Gasteiger partial charge in [0, 0.05) is 12.7 Å². The average Bonchev–Trinajstić information content (AvgIpc) is 2.35. The van der Waals surface area contributed by atoms with E-state index in [0.717, 1.165) is 5.69 Å². The first-order valence-corrected chi connectivity index (χ1v) is 6.72. The Hall–Kier alpha value is -1.40. The number of nitrogens with one attached hydrogen (secondary N) is 2. The zero-order valence-electron chi connectivity index (χ0n) is 11.0. The van der Waals surface area contributed by atoms with E-state index in [2.05, 4.69) is 34.5 Å². The molecule has 0 bridgehead atoms. The van der Waals surface area contributed by atoms with E-state index in [1.165, 1.54) is 0 Å². The highest BCUT2D eigenvalue weighted by atomic mass is 35.5. The fraction of sp³-hybridized carbons (Fsp3) is 0.417. The van der Waals surface area contributed by atoms with Crippen LogP contribution in [0.25, 0.3) is 0 Å². The number of guanidine groups is 1. The number of rotatable bonds is 4. The van der Waals surface area contributed by atoms with Crippen molar-refractivity contribution < 1.29 is 0 Å². The minimum atomic E-state index is 0.304. The van der Waals surface area contributed by atoms with E-state index in [9.17, 15) is 0 Å². The van der Waals surface area contributed by atoms with Gasteiger partial charge in [0.15, 0.2) is 11.1 Å². The molecule has 0 unspecified atom stereocenters. The zero-order valence-corrected chi connectivity index (χ0v) is 12.6. The second kappa shape index (κ2) is 7.91. The normalized spacial score (nSPS) is 11.5. The number of thiocarbonyl (C=S) groups is 1. The molecule has 5 nitrogen and oxygen atoms in total. The van der Waals surface area contributed by atoms with Crippen molar-refractivity contribution in [3.63, 3.8) is 0 Å². The number of hydrogen-bond acceptors (Lipinski definition) is 3. The largest absolute Gasteiger partial charge is 0.370 e. The predicted octanol–water partition coefficient (Wildman–Crippen LogP) is 1.67. The van der Waals surface area contributed by atoms with Crippen LogP contribution in [0.5, 0.6) is 0 Å². The molecule has 4 N–H and O–H groups in total. The Bertz CT molecular complexity index is 461. The third-order valence-electron chi connectivity index (χ3n) is 2.12. The standard InChI is InChI=1S/C12H18ClN5S/c1-8(2)6-16-11(14)18-12(19)17-7-10-9(13)4-3-5-15-10/h3-5,8H,6-7H2,1-2H3,(H4,14,16,17,18,19). The second-order valence-corrected chi connectivity index (χ2v) is 5.17. The quantitative estimate of drug-likeness (QED) is 0.448. The monoisotopic (exact) mass is 299 g/mol. The number of nitrogens with two attached hydrogens (primary N) is 1. The van der Waals surface area contributed by atoms with Crippen LogP contribution >= 0.6 is 23.8 Å². The van der Waals surface area contributed by atoms with Crippen molar-refractivity contribution in [3.05, 3.63) is 29.0 Å².